The average molecular weight is 335 g/mol. The molecule has 0 spiro atoms. The molecule has 1 aromatic carbocycles. The number of hydrogen-bond donors (Lipinski definition) is 0. The molecule has 0 saturated heterocycles. The second-order valence-corrected chi connectivity index (χ2v) is 6.07. The highest BCUT2D eigenvalue weighted by Gasteiger charge is 2.27. The minimum absolute atomic E-state index is 0.0422. The molecule has 0 fully saturated rings. The van der Waals surface area contributed by atoms with Gasteiger partial charge in [0.05, 0.1) is 18.5 Å². The topological polar surface area (TPSA) is 55.6 Å². The molecule has 1 aliphatic heterocycles. The number of amides is 1. The number of fused-ring (bicyclic) bond motifs is 1. The molecule has 0 bridgehead atoms. The first-order valence-corrected chi connectivity index (χ1v) is 8.06. The summed E-state index contributed by atoms with van der Waals surface area (Å²) in [6.07, 6.45) is 2.65. The molecule has 1 aliphatic rings. The minimum Gasteiger partial charge on any atom is -0.495 e. The molecule has 0 saturated carbocycles. The predicted molar refractivity (Wildman–Crippen MR) is 88.2 cm³/mol. The van der Waals surface area contributed by atoms with Gasteiger partial charge in [-0.25, -0.2) is 0 Å². The number of carbonyl (C=O) groups excluding carboxylic acids is 1. The summed E-state index contributed by atoms with van der Waals surface area (Å²) >= 11 is 6.30. The highest BCUT2D eigenvalue weighted by atomic mass is 35.5. The Morgan fingerprint density at radius 2 is 2.30 bits per heavy atom. The van der Waals surface area contributed by atoms with Gasteiger partial charge in [0.15, 0.2) is 0 Å². The van der Waals surface area contributed by atoms with E-state index in [2.05, 4.69) is 5.16 Å². The second kappa shape index (κ2) is 6.62. The first-order valence-electron chi connectivity index (χ1n) is 7.68. The predicted octanol–water partition coefficient (Wildman–Crippen LogP) is 3.56. The third-order valence-corrected chi connectivity index (χ3v) is 4.40. The van der Waals surface area contributed by atoms with E-state index in [4.69, 9.17) is 20.9 Å². The fourth-order valence-electron chi connectivity index (χ4n) is 2.96. The van der Waals surface area contributed by atoms with Gasteiger partial charge in [-0.05, 0) is 37.5 Å². The van der Waals surface area contributed by atoms with E-state index in [9.17, 15) is 4.79 Å². The van der Waals surface area contributed by atoms with Crippen LogP contribution in [0.4, 0.5) is 5.69 Å². The average Bonchev–Trinajstić information content (AvgIpc) is 2.98. The van der Waals surface area contributed by atoms with Crippen molar-refractivity contribution in [2.75, 3.05) is 18.6 Å². The van der Waals surface area contributed by atoms with E-state index in [1.165, 1.54) is 0 Å². The Morgan fingerprint density at radius 3 is 3.00 bits per heavy atom. The van der Waals surface area contributed by atoms with Crippen LogP contribution < -0.4 is 9.64 Å². The van der Waals surface area contributed by atoms with Crippen LogP contribution in [0.5, 0.6) is 5.75 Å². The number of benzene rings is 1. The summed E-state index contributed by atoms with van der Waals surface area (Å²) in [7, 11) is 1.61. The maximum absolute atomic E-state index is 12.7. The van der Waals surface area contributed by atoms with Crippen molar-refractivity contribution in [2.45, 2.75) is 32.6 Å². The van der Waals surface area contributed by atoms with Crippen molar-refractivity contribution in [3.8, 4) is 5.75 Å². The van der Waals surface area contributed by atoms with Crippen molar-refractivity contribution >= 4 is 23.2 Å². The Morgan fingerprint density at radius 1 is 1.48 bits per heavy atom. The molecule has 0 N–H and O–H groups in total. The van der Waals surface area contributed by atoms with Crippen molar-refractivity contribution in [1.82, 2.24) is 5.16 Å². The van der Waals surface area contributed by atoms with Gasteiger partial charge in [-0.1, -0.05) is 16.8 Å². The zero-order valence-electron chi connectivity index (χ0n) is 13.3. The first-order chi connectivity index (χ1) is 11.1. The van der Waals surface area contributed by atoms with E-state index in [0.29, 0.717) is 30.2 Å². The maximum atomic E-state index is 12.7. The van der Waals surface area contributed by atoms with Gasteiger partial charge in [-0.2, -0.15) is 0 Å². The standard InChI is InChI=1S/C17H19ClN2O3/c1-11-10-12(23-19-11)5-8-16(21)20-9-3-4-13-14(18)6-7-15(22-2)17(13)20/h6-7,10H,3-5,8-9H2,1-2H3. The number of aromatic nitrogens is 1. The summed E-state index contributed by atoms with van der Waals surface area (Å²) in [4.78, 5) is 14.5. The fourth-order valence-corrected chi connectivity index (χ4v) is 3.21. The van der Waals surface area contributed by atoms with Crippen LogP contribution in [0.1, 0.15) is 29.9 Å². The van der Waals surface area contributed by atoms with E-state index in [1.54, 1.807) is 12.0 Å². The lowest BCUT2D eigenvalue weighted by Gasteiger charge is -2.31. The normalized spacial score (nSPS) is 13.8. The van der Waals surface area contributed by atoms with E-state index < -0.39 is 0 Å². The van der Waals surface area contributed by atoms with Crippen LogP contribution in [-0.4, -0.2) is 24.7 Å². The summed E-state index contributed by atoms with van der Waals surface area (Å²) in [5, 5.41) is 4.53. The number of ether oxygens (including phenoxy) is 1. The Hall–Kier alpha value is -2.01. The molecule has 1 aromatic heterocycles. The van der Waals surface area contributed by atoms with Crippen molar-refractivity contribution < 1.29 is 14.1 Å². The lowest BCUT2D eigenvalue weighted by molar-refractivity contribution is -0.118. The van der Waals surface area contributed by atoms with Crippen molar-refractivity contribution in [3.05, 3.63) is 40.2 Å². The summed E-state index contributed by atoms with van der Waals surface area (Å²) in [5.41, 5.74) is 2.62. The van der Waals surface area contributed by atoms with Crippen molar-refractivity contribution in [1.29, 1.82) is 0 Å². The number of aryl methyl sites for hydroxylation is 2. The largest absolute Gasteiger partial charge is 0.495 e. The van der Waals surface area contributed by atoms with Crippen molar-refractivity contribution in [2.24, 2.45) is 0 Å². The first kappa shape index (κ1) is 15.9. The van der Waals surface area contributed by atoms with E-state index in [1.807, 2.05) is 25.1 Å². The van der Waals surface area contributed by atoms with Crippen LogP contribution in [0.3, 0.4) is 0 Å². The van der Waals surface area contributed by atoms with Crippen LogP contribution in [0.2, 0.25) is 5.02 Å². The molecule has 6 heteroatoms. The van der Waals surface area contributed by atoms with Gasteiger partial charge < -0.3 is 14.2 Å². The lowest BCUT2D eigenvalue weighted by Crippen LogP contribution is -2.36. The summed E-state index contributed by atoms with van der Waals surface area (Å²) < 4.78 is 10.6. The highest BCUT2D eigenvalue weighted by molar-refractivity contribution is 6.32. The zero-order valence-corrected chi connectivity index (χ0v) is 14.0. The van der Waals surface area contributed by atoms with Gasteiger partial charge in [0.2, 0.25) is 5.91 Å². The monoisotopic (exact) mass is 334 g/mol. The maximum Gasteiger partial charge on any atom is 0.227 e. The molecule has 2 heterocycles. The second-order valence-electron chi connectivity index (χ2n) is 5.66. The van der Waals surface area contributed by atoms with E-state index >= 15 is 0 Å². The highest BCUT2D eigenvalue weighted by Crippen LogP contribution is 2.40. The van der Waals surface area contributed by atoms with E-state index in [-0.39, 0.29) is 5.91 Å². The quantitative estimate of drug-likeness (QED) is 0.858. The van der Waals surface area contributed by atoms with Gasteiger partial charge >= 0.3 is 0 Å². The molecular weight excluding hydrogens is 316 g/mol. The Bertz CT molecular complexity index is 727. The number of carbonyl (C=O) groups is 1. The van der Waals surface area contributed by atoms with Gasteiger partial charge in [-0.15, -0.1) is 0 Å². The van der Waals surface area contributed by atoms with Crippen LogP contribution in [0, 0.1) is 6.92 Å². The summed E-state index contributed by atoms with van der Waals surface area (Å²) in [6, 6.07) is 5.49. The molecule has 3 rings (SSSR count). The van der Waals surface area contributed by atoms with Crippen LogP contribution in [-0.2, 0) is 17.6 Å². The molecule has 0 aliphatic carbocycles. The number of nitrogens with zero attached hydrogens (tertiary/aromatic N) is 2. The van der Waals surface area contributed by atoms with Gasteiger partial charge in [0.25, 0.3) is 0 Å². The van der Waals surface area contributed by atoms with Crippen LogP contribution in [0.15, 0.2) is 22.7 Å². The summed E-state index contributed by atoms with van der Waals surface area (Å²) in [6.45, 7) is 2.54. The molecule has 1 amide bonds. The van der Waals surface area contributed by atoms with Gasteiger partial charge in [0.1, 0.15) is 11.5 Å². The SMILES string of the molecule is COc1ccc(Cl)c2c1N(C(=O)CCc1cc(C)no1)CCC2. The molecule has 122 valence electrons. The number of rotatable bonds is 4. The third kappa shape index (κ3) is 3.20. The van der Waals surface area contributed by atoms with Gasteiger partial charge in [-0.3, -0.25) is 4.79 Å². The lowest BCUT2D eigenvalue weighted by atomic mass is 10.00. The molecule has 5 nitrogen and oxygen atoms in total. The smallest absolute Gasteiger partial charge is 0.227 e. The Balaban J connectivity index is 1.81. The minimum atomic E-state index is 0.0422. The van der Waals surface area contributed by atoms with Gasteiger partial charge in [0, 0.05) is 30.5 Å². The Kier molecular flexibility index (Phi) is 4.57. The molecule has 23 heavy (non-hydrogen) atoms. The van der Waals surface area contributed by atoms with E-state index in [0.717, 1.165) is 35.5 Å². The molecule has 0 atom stereocenters. The molecule has 0 unspecified atom stereocenters. The molecular formula is C17H19ClN2O3. The van der Waals surface area contributed by atoms with Crippen LogP contribution in [0.25, 0.3) is 0 Å². The number of halogens is 1. The fraction of sp³-hybridized carbons (Fsp3) is 0.412. The number of methoxy groups -OCH3 is 1. The summed E-state index contributed by atoms with van der Waals surface area (Å²) in [5.74, 6) is 1.46. The Labute approximate surface area is 140 Å². The molecule has 0 radical (unpaired) electrons. The number of anilines is 1. The zero-order chi connectivity index (χ0) is 16.4. The molecule has 2 aromatic rings. The van der Waals surface area contributed by atoms with Crippen LogP contribution >= 0.6 is 11.6 Å². The third-order valence-electron chi connectivity index (χ3n) is 4.05. The van der Waals surface area contributed by atoms with Crippen molar-refractivity contribution in [3.63, 3.8) is 0 Å². The number of hydrogen-bond acceptors (Lipinski definition) is 4.